The lowest BCUT2D eigenvalue weighted by Gasteiger charge is -2.32. The minimum Gasteiger partial charge on any atom is -0.426 e. The molecule has 3 aromatic carbocycles. The molecule has 0 saturated carbocycles. The summed E-state index contributed by atoms with van der Waals surface area (Å²) in [4.78, 5) is 27.2. The third kappa shape index (κ3) is 7.51. The highest BCUT2D eigenvalue weighted by Gasteiger charge is 2.24. The Morgan fingerprint density at radius 3 is 2.11 bits per heavy atom. The van der Waals surface area contributed by atoms with E-state index in [1.807, 2.05) is 24.3 Å². The summed E-state index contributed by atoms with van der Waals surface area (Å²) in [5.74, 6) is -0.643. The predicted molar refractivity (Wildman–Crippen MR) is 145 cm³/mol. The molecule has 0 spiro atoms. The summed E-state index contributed by atoms with van der Waals surface area (Å²) < 4.78 is 11.2. The van der Waals surface area contributed by atoms with Crippen LogP contribution in [-0.4, -0.2) is 40.6 Å². The maximum Gasteiger partial charge on any atom is 0.347 e. The molecular formula is C31H37NO5. The van der Waals surface area contributed by atoms with Gasteiger partial charge < -0.3 is 14.6 Å². The second-order valence-electron chi connectivity index (χ2n) is 9.69. The predicted octanol–water partition coefficient (Wildman–Crippen LogP) is 5.96. The highest BCUT2D eigenvalue weighted by Crippen LogP contribution is 2.36. The van der Waals surface area contributed by atoms with E-state index < -0.39 is 11.9 Å². The summed E-state index contributed by atoms with van der Waals surface area (Å²) in [5, 5.41) is 9.88. The standard InChI is InChI=1S/C31H37NO5/c1-21(2)32(22(3)4)18-17-26(25-11-7-6-8-12-25)28-19-24(20-33)15-16-30(28)37-31(35)27-13-9-10-14-29(27)36-23(5)34/h6-16,19,21-22,26,33H,17-18,20H2,1-5H3. The van der Waals surface area contributed by atoms with Crippen molar-refractivity contribution in [1.82, 2.24) is 4.90 Å². The fourth-order valence-electron chi connectivity index (χ4n) is 4.67. The summed E-state index contributed by atoms with van der Waals surface area (Å²) >= 11 is 0. The van der Waals surface area contributed by atoms with Gasteiger partial charge in [-0.2, -0.15) is 0 Å². The van der Waals surface area contributed by atoms with Crippen LogP contribution < -0.4 is 9.47 Å². The van der Waals surface area contributed by atoms with Gasteiger partial charge in [0.1, 0.15) is 17.1 Å². The van der Waals surface area contributed by atoms with Crippen molar-refractivity contribution in [2.24, 2.45) is 0 Å². The molecule has 0 aliphatic heterocycles. The number of esters is 2. The molecule has 1 unspecified atom stereocenters. The molecule has 0 bridgehead atoms. The maximum absolute atomic E-state index is 13.3. The molecule has 0 aliphatic carbocycles. The van der Waals surface area contributed by atoms with Crippen LogP contribution in [0, 0.1) is 0 Å². The lowest BCUT2D eigenvalue weighted by Crippen LogP contribution is -2.38. The van der Waals surface area contributed by atoms with Crippen molar-refractivity contribution in [3.05, 3.63) is 95.1 Å². The van der Waals surface area contributed by atoms with E-state index >= 15 is 0 Å². The summed E-state index contributed by atoms with van der Waals surface area (Å²) in [7, 11) is 0. The van der Waals surface area contributed by atoms with Crippen LogP contribution in [0.15, 0.2) is 72.8 Å². The number of hydrogen-bond donors (Lipinski definition) is 1. The van der Waals surface area contributed by atoms with Gasteiger partial charge in [0.05, 0.1) is 6.61 Å². The summed E-state index contributed by atoms with van der Waals surface area (Å²) in [6.45, 7) is 10.8. The van der Waals surface area contributed by atoms with Gasteiger partial charge in [0, 0.05) is 30.5 Å². The van der Waals surface area contributed by atoms with Crippen molar-refractivity contribution in [2.75, 3.05) is 6.54 Å². The highest BCUT2D eigenvalue weighted by atomic mass is 16.5. The minimum atomic E-state index is -0.618. The molecule has 1 atom stereocenters. The van der Waals surface area contributed by atoms with Crippen molar-refractivity contribution in [3.8, 4) is 11.5 Å². The van der Waals surface area contributed by atoms with Gasteiger partial charge >= 0.3 is 11.9 Å². The molecule has 1 N–H and O–H groups in total. The second kappa shape index (κ2) is 13.2. The number of hydrogen-bond acceptors (Lipinski definition) is 6. The van der Waals surface area contributed by atoms with Crippen molar-refractivity contribution in [2.45, 2.75) is 65.6 Å². The van der Waals surface area contributed by atoms with E-state index in [1.54, 1.807) is 36.4 Å². The molecule has 0 aliphatic rings. The van der Waals surface area contributed by atoms with E-state index in [0.29, 0.717) is 17.8 Å². The third-order valence-electron chi connectivity index (χ3n) is 6.40. The number of para-hydroxylation sites is 1. The SMILES string of the molecule is CC(=O)Oc1ccccc1C(=O)Oc1ccc(CO)cc1C(CCN(C(C)C)C(C)C)c1ccccc1. The molecular weight excluding hydrogens is 466 g/mol. The van der Waals surface area contributed by atoms with Crippen LogP contribution in [0.3, 0.4) is 0 Å². The van der Waals surface area contributed by atoms with Gasteiger partial charge in [-0.3, -0.25) is 9.69 Å². The largest absolute Gasteiger partial charge is 0.426 e. The molecule has 0 aromatic heterocycles. The molecule has 0 saturated heterocycles. The smallest absolute Gasteiger partial charge is 0.347 e. The number of ether oxygens (including phenoxy) is 2. The van der Waals surface area contributed by atoms with E-state index in [2.05, 4.69) is 44.7 Å². The first kappa shape index (κ1) is 28.1. The second-order valence-corrected chi connectivity index (χ2v) is 9.69. The maximum atomic E-state index is 13.3. The molecule has 196 valence electrons. The van der Waals surface area contributed by atoms with Gasteiger partial charge in [0.25, 0.3) is 0 Å². The molecule has 0 amide bonds. The molecule has 6 heteroatoms. The zero-order valence-electron chi connectivity index (χ0n) is 22.3. The lowest BCUT2D eigenvalue weighted by atomic mass is 9.86. The van der Waals surface area contributed by atoms with Gasteiger partial charge in [-0.25, -0.2) is 4.79 Å². The Labute approximate surface area is 219 Å². The van der Waals surface area contributed by atoms with Crippen LogP contribution in [-0.2, 0) is 11.4 Å². The number of rotatable bonds is 11. The number of carbonyl (C=O) groups is 2. The quantitative estimate of drug-likeness (QED) is 0.257. The van der Waals surface area contributed by atoms with E-state index in [0.717, 1.165) is 29.7 Å². The number of nitrogens with zero attached hydrogens (tertiary/aromatic N) is 1. The molecule has 0 radical (unpaired) electrons. The van der Waals surface area contributed by atoms with Crippen LogP contribution in [0.1, 0.15) is 74.0 Å². The lowest BCUT2D eigenvalue weighted by molar-refractivity contribution is -0.131. The van der Waals surface area contributed by atoms with Crippen molar-refractivity contribution >= 4 is 11.9 Å². The normalized spacial score (nSPS) is 12.1. The molecule has 0 fully saturated rings. The Hall–Kier alpha value is -3.48. The van der Waals surface area contributed by atoms with Crippen LogP contribution in [0.4, 0.5) is 0 Å². The van der Waals surface area contributed by atoms with E-state index in [-0.39, 0.29) is 23.8 Å². The average Bonchev–Trinajstić information content (AvgIpc) is 2.87. The van der Waals surface area contributed by atoms with Crippen molar-refractivity contribution in [1.29, 1.82) is 0 Å². The monoisotopic (exact) mass is 503 g/mol. The average molecular weight is 504 g/mol. The van der Waals surface area contributed by atoms with E-state index in [1.165, 1.54) is 6.92 Å². The Morgan fingerprint density at radius 2 is 1.49 bits per heavy atom. The molecule has 0 heterocycles. The molecule has 3 aromatic rings. The van der Waals surface area contributed by atoms with E-state index in [9.17, 15) is 14.7 Å². The third-order valence-corrected chi connectivity index (χ3v) is 6.40. The fourth-order valence-corrected chi connectivity index (χ4v) is 4.67. The van der Waals surface area contributed by atoms with Gasteiger partial charge in [0.15, 0.2) is 0 Å². The Morgan fingerprint density at radius 1 is 0.838 bits per heavy atom. The summed E-state index contributed by atoms with van der Waals surface area (Å²) in [6, 6.07) is 22.8. The summed E-state index contributed by atoms with van der Waals surface area (Å²) in [6.07, 6.45) is 0.795. The van der Waals surface area contributed by atoms with Crippen LogP contribution in [0.25, 0.3) is 0 Å². The van der Waals surface area contributed by atoms with E-state index in [4.69, 9.17) is 9.47 Å². The Kier molecular flexibility index (Phi) is 10.0. The molecule has 6 nitrogen and oxygen atoms in total. The fraction of sp³-hybridized carbons (Fsp3) is 0.355. The van der Waals surface area contributed by atoms with Crippen molar-refractivity contribution < 1.29 is 24.2 Å². The Bertz CT molecular complexity index is 1180. The van der Waals surface area contributed by atoms with Crippen LogP contribution in [0.2, 0.25) is 0 Å². The minimum absolute atomic E-state index is 0.0702. The van der Waals surface area contributed by atoms with Gasteiger partial charge in [0.2, 0.25) is 0 Å². The first-order valence-corrected chi connectivity index (χ1v) is 12.7. The van der Waals surface area contributed by atoms with Crippen LogP contribution in [0.5, 0.6) is 11.5 Å². The zero-order chi connectivity index (χ0) is 26.9. The first-order chi connectivity index (χ1) is 17.7. The van der Waals surface area contributed by atoms with Crippen LogP contribution >= 0.6 is 0 Å². The van der Waals surface area contributed by atoms with Crippen molar-refractivity contribution in [3.63, 3.8) is 0 Å². The number of aliphatic hydroxyl groups is 1. The summed E-state index contributed by atoms with van der Waals surface area (Å²) in [5.41, 5.74) is 2.82. The Balaban J connectivity index is 2.02. The zero-order valence-corrected chi connectivity index (χ0v) is 22.3. The highest BCUT2D eigenvalue weighted by molar-refractivity contribution is 5.95. The van der Waals surface area contributed by atoms with Gasteiger partial charge in [-0.1, -0.05) is 48.5 Å². The molecule has 3 rings (SSSR count). The molecule has 37 heavy (non-hydrogen) atoms. The van der Waals surface area contributed by atoms with Gasteiger partial charge in [-0.05, 0) is 76.1 Å². The topological polar surface area (TPSA) is 76.1 Å². The number of aliphatic hydroxyl groups excluding tert-OH is 1. The number of benzene rings is 3. The van der Waals surface area contributed by atoms with Gasteiger partial charge in [-0.15, -0.1) is 0 Å². The number of carbonyl (C=O) groups excluding carboxylic acids is 2. The first-order valence-electron chi connectivity index (χ1n) is 12.7.